The topological polar surface area (TPSA) is 96.0 Å². The molecule has 4 N–H and O–H groups in total. The van der Waals surface area contributed by atoms with Crippen LogP contribution in [0.25, 0.3) is 0 Å². The van der Waals surface area contributed by atoms with Gasteiger partial charge in [0.1, 0.15) is 5.69 Å². The zero-order chi connectivity index (χ0) is 12.0. The van der Waals surface area contributed by atoms with E-state index in [1.807, 2.05) is 0 Å². The summed E-state index contributed by atoms with van der Waals surface area (Å²) in [6, 6.07) is 0. The Bertz CT molecular complexity index is 476. The van der Waals surface area contributed by atoms with Crippen LogP contribution in [0.15, 0.2) is 9.59 Å². The van der Waals surface area contributed by atoms with Gasteiger partial charge in [0.15, 0.2) is 5.69 Å². The van der Waals surface area contributed by atoms with Crippen molar-refractivity contribution in [1.29, 1.82) is 0 Å². The van der Waals surface area contributed by atoms with Gasteiger partial charge in [-0.3, -0.25) is 9.36 Å². The van der Waals surface area contributed by atoms with Crippen molar-refractivity contribution >= 4 is 5.69 Å². The minimum atomic E-state index is -4.95. The first-order valence-electron chi connectivity index (χ1n) is 3.61. The summed E-state index contributed by atoms with van der Waals surface area (Å²) in [4.78, 5) is 22.1. The molecule has 0 saturated carbocycles. The number of halogens is 3. The van der Waals surface area contributed by atoms with Gasteiger partial charge in [0.05, 0.1) is 0 Å². The number of nitrogens with two attached hydrogens (primary N) is 2. The number of aromatic nitrogens is 2. The molecule has 0 aliphatic carbocycles. The molecule has 84 valence electrons. The first kappa shape index (κ1) is 11.1. The van der Waals surface area contributed by atoms with Crippen LogP contribution in [0.4, 0.5) is 18.9 Å². The Kier molecular flexibility index (Phi) is 2.26. The minimum absolute atomic E-state index is 0.198. The average molecular weight is 224 g/mol. The van der Waals surface area contributed by atoms with Crippen molar-refractivity contribution < 1.29 is 13.2 Å². The summed E-state index contributed by atoms with van der Waals surface area (Å²) in [5.41, 5.74) is -0.319. The van der Waals surface area contributed by atoms with Crippen LogP contribution < -0.4 is 22.8 Å². The molecule has 0 fully saturated rings. The Morgan fingerprint density at radius 2 is 1.73 bits per heavy atom. The number of nitrogen functional groups attached to an aromatic ring is 2. The van der Waals surface area contributed by atoms with Gasteiger partial charge >= 0.3 is 11.9 Å². The molecule has 15 heavy (non-hydrogen) atoms. The molecule has 6 nitrogen and oxygen atoms in total. The first-order chi connectivity index (χ1) is 6.68. The molecule has 9 heteroatoms. The zero-order valence-corrected chi connectivity index (χ0v) is 7.50. The highest BCUT2D eigenvalue weighted by Crippen LogP contribution is 2.29. The van der Waals surface area contributed by atoms with E-state index in [2.05, 4.69) is 0 Å². The van der Waals surface area contributed by atoms with E-state index in [9.17, 15) is 22.8 Å². The molecular formula is C6H7F3N4O2. The maximum absolute atomic E-state index is 12.3. The van der Waals surface area contributed by atoms with E-state index in [1.165, 1.54) is 0 Å². The van der Waals surface area contributed by atoms with Gasteiger partial charge in [-0.15, -0.1) is 0 Å². The predicted molar refractivity (Wildman–Crippen MR) is 45.5 cm³/mol. The van der Waals surface area contributed by atoms with Gasteiger partial charge < -0.3 is 11.6 Å². The van der Waals surface area contributed by atoms with Crippen LogP contribution in [0, 0.1) is 0 Å². The van der Waals surface area contributed by atoms with Gasteiger partial charge in [-0.25, -0.2) is 9.47 Å². The summed E-state index contributed by atoms with van der Waals surface area (Å²) in [5, 5.41) is 0. The summed E-state index contributed by atoms with van der Waals surface area (Å²) in [6.45, 7) is 0. The minimum Gasteiger partial charge on any atom is -0.392 e. The van der Waals surface area contributed by atoms with Crippen LogP contribution in [0.3, 0.4) is 0 Å². The lowest BCUT2D eigenvalue weighted by Gasteiger charge is -2.13. The molecule has 0 bridgehead atoms. The molecule has 0 unspecified atom stereocenters. The van der Waals surface area contributed by atoms with E-state index in [0.717, 1.165) is 7.05 Å². The summed E-state index contributed by atoms with van der Waals surface area (Å²) in [7, 11) is 0.977. The number of alkyl halides is 3. The van der Waals surface area contributed by atoms with Gasteiger partial charge in [0.2, 0.25) is 0 Å². The molecule has 0 aliphatic heterocycles. The fourth-order valence-corrected chi connectivity index (χ4v) is 1.05. The van der Waals surface area contributed by atoms with Crippen molar-refractivity contribution in [2.24, 2.45) is 7.05 Å². The van der Waals surface area contributed by atoms with Crippen LogP contribution in [0.5, 0.6) is 0 Å². The molecule has 0 amide bonds. The molecule has 0 atom stereocenters. The molecule has 1 heterocycles. The molecule has 0 radical (unpaired) electrons. The van der Waals surface area contributed by atoms with Crippen LogP contribution in [0.2, 0.25) is 0 Å². The third-order valence-corrected chi connectivity index (χ3v) is 1.79. The summed E-state index contributed by atoms with van der Waals surface area (Å²) in [6.07, 6.45) is -4.95. The third kappa shape index (κ3) is 1.55. The fraction of sp³-hybridized carbons (Fsp3) is 0.333. The smallest absolute Gasteiger partial charge is 0.392 e. The maximum atomic E-state index is 12.3. The fourth-order valence-electron chi connectivity index (χ4n) is 1.05. The van der Waals surface area contributed by atoms with E-state index < -0.39 is 28.8 Å². The van der Waals surface area contributed by atoms with Crippen molar-refractivity contribution in [3.8, 4) is 0 Å². The van der Waals surface area contributed by atoms with E-state index in [1.54, 1.807) is 0 Å². The largest absolute Gasteiger partial charge is 0.435 e. The van der Waals surface area contributed by atoms with Crippen LogP contribution in [-0.2, 0) is 13.2 Å². The zero-order valence-electron chi connectivity index (χ0n) is 7.50. The van der Waals surface area contributed by atoms with Crippen LogP contribution in [0.1, 0.15) is 5.69 Å². The van der Waals surface area contributed by atoms with Crippen molar-refractivity contribution in [2.75, 3.05) is 11.6 Å². The first-order valence-corrected chi connectivity index (χ1v) is 3.61. The Morgan fingerprint density at radius 3 is 2.13 bits per heavy atom. The molecule has 1 rings (SSSR count). The molecule has 0 spiro atoms. The number of hydrogen-bond acceptors (Lipinski definition) is 4. The Labute approximate surface area is 80.5 Å². The summed E-state index contributed by atoms with van der Waals surface area (Å²) in [5.74, 6) is 4.88. The second-order valence-corrected chi connectivity index (χ2v) is 2.78. The highest BCUT2D eigenvalue weighted by molar-refractivity contribution is 5.42. The lowest BCUT2D eigenvalue weighted by molar-refractivity contribution is -0.142. The van der Waals surface area contributed by atoms with Crippen molar-refractivity contribution in [3.63, 3.8) is 0 Å². The summed E-state index contributed by atoms with van der Waals surface area (Å²) < 4.78 is 37.2. The summed E-state index contributed by atoms with van der Waals surface area (Å²) >= 11 is 0. The van der Waals surface area contributed by atoms with E-state index in [4.69, 9.17) is 11.6 Å². The lowest BCUT2D eigenvalue weighted by Crippen LogP contribution is -2.46. The molecular weight excluding hydrogens is 217 g/mol. The number of nitrogens with zero attached hydrogens (tertiary/aromatic N) is 2. The molecule has 0 aliphatic rings. The van der Waals surface area contributed by atoms with Crippen molar-refractivity contribution in [2.45, 2.75) is 6.18 Å². The highest BCUT2D eigenvalue weighted by Gasteiger charge is 2.38. The second kappa shape index (κ2) is 3.04. The monoisotopic (exact) mass is 224 g/mol. The third-order valence-electron chi connectivity index (χ3n) is 1.79. The van der Waals surface area contributed by atoms with Crippen molar-refractivity contribution in [3.05, 3.63) is 26.5 Å². The Balaban J connectivity index is 3.85. The normalized spacial score (nSPS) is 11.7. The maximum Gasteiger partial charge on any atom is 0.435 e. The molecule has 1 aromatic rings. The SMILES string of the molecule is Cn1c(=O)c(N)c(C(F)(F)F)n(N)c1=O. The Hall–Kier alpha value is -1.93. The standard InChI is InChI=1S/C6H7F3N4O2/c1-12-4(14)2(10)3(6(7,8)9)13(11)5(12)15/h10-11H2,1H3. The van der Waals surface area contributed by atoms with Gasteiger partial charge in [0.25, 0.3) is 5.56 Å². The molecule has 0 aromatic carbocycles. The van der Waals surface area contributed by atoms with Gasteiger partial charge in [-0.1, -0.05) is 0 Å². The average Bonchev–Trinajstić information content (AvgIpc) is 2.09. The quantitative estimate of drug-likeness (QED) is 0.544. The van der Waals surface area contributed by atoms with E-state index >= 15 is 0 Å². The van der Waals surface area contributed by atoms with Crippen LogP contribution >= 0.6 is 0 Å². The van der Waals surface area contributed by atoms with Gasteiger partial charge in [0, 0.05) is 7.05 Å². The van der Waals surface area contributed by atoms with Crippen molar-refractivity contribution in [1.82, 2.24) is 9.24 Å². The highest BCUT2D eigenvalue weighted by atomic mass is 19.4. The van der Waals surface area contributed by atoms with E-state index in [-0.39, 0.29) is 4.68 Å². The number of anilines is 1. The molecule has 0 saturated heterocycles. The lowest BCUT2D eigenvalue weighted by atomic mass is 10.3. The van der Waals surface area contributed by atoms with Gasteiger partial charge in [-0.2, -0.15) is 13.2 Å². The van der Waals surface area contributed by atoms with Gasteiger partial charge in [-0.05, 0) is 0 Å². The van der Waals surface area contributed by atoms with Crippen LogP contribution in [-0.4, -0.2) is 9.24 Å². The number of hydrogen-bond donors (Lipinski definition) is 2. The second-order valence-electron chi connectivity index (χ2n) is 2.78. The van der Waals surface area contributed by atoms with E-state index in [0.29, 0.717) is 4.57 Å². The Morgan fingerprint density at radius 1 is 1.27 bits per heavy atom. The molecule has 1 aromatic heterocycles. The predicted octanol–water partition coefficient (Wildman–Crippen LogP) is -1.14. The number of rotatable bonds is 0.